The Kier molecular flexibility index (Phi) is 2.26. The lowest BCUT2D eigenvalue weighted by Gasteiger charge is -1.87. The average molecular weight is 287 g/mol. The molecule has 10 heteroatoms. The van der Waals surface area contributed by atoms with Crippen LogP contribution in [-0.4, -0.2) is 28.0 Å². The van der Waals surface area contributed by atoms with Gasteiger partial charge in [-0.1, -0.05) is 11.3 Å². The predicted molar refractivity (Wildman–Crippen MR) is 63.3 cm³/mol. The Morgan fingerprint density at radius 2 is 2.18 bits per heavy atom. The van der Waals surface area contributed by atoms with Crippen LogP contribution in [0, 0.1) is 0 Å². The Hall–Kier alpha value is -1.36. The fourth-order valence-corrected chi connectivity index (χ4v) is 3.31. The summed E-state index contributed by atoms with van der Waals surface area (Å²) >= 11 is 2.39. The van der Waals surface area contributed by atoms with Gasteiger partial charge in [-0.2, -0.15) is 0 Å². The van der Waals surface area contributed by atoms with Crippen LogP contribution >= 0.6 is 22.7 Å². The van der Waals surface area contributed by atoms with Gasteiger partial charge in [-0.15, -0.1) is 16.4 Å². The van der Waals surface area contributed by atoms with E-state index >= 15 is 0 Å². The number of rotatable bonds is 2. The second-order valence-corrected chi connectivity index (χ2v) is 6.55. The monoisotopic (exact) mass is 287 g/mol. The second-order valence-electron chi connectivity index (χ2n) is 3.14. The molecular formula is C7H5N5O2S3. The van der Waals surface area contributed by atoms with Gasteiger partial charge in [-0.05, 0) is 0 Å². The molecule has 0 saturated carbocycles. The zero-order chi connectivity index (χ0) is 12.0. The standard InChI is InChI=1S/C7H5N5O2S3/c8-17(13,14)7-11-12-1-4(10-6(12)16-7)5-2-15-3-9-5/h1-3H,(H2,8,13,14). The number of sulfonamides is 1. The third kappa shape index (κ3) is 1.84. The second kappa shape index (κ2) is 3.57. The molecule has 0 aliphatic heterocycles. The minimum atomic E-state index is -3.77. The van der Waals surface area contributed by atoms with Gasteiger partial charge in [0.2, 0.25) is 9.30 Å². The first kappa shape index (κ1) is 10.8. The van der Waals surface area contributed by atoms with E-state index in [4.69, 9.17) is 5.14 Å². The summed E-state index contributed by atoms with van der Waals surface area (Å²) in [7, 11) is -3.77. The SMILES string of the molecule is NS(=O)(=O)c1nn2cc(-c3cscn3)nc2s1. The first-order valence-electron chi connectivity index (χ1n) is 4.31. The molecule has 3 aromatic heterocycles. The predicted octanol–water partition coefficient (Wildman–Crippen LogP) is 0.562. The summed E-state index contributed by atoms with van der Waals surface area (Å²) in [6.07, 6.45) is 1.62. The largest absolute Gasteiger partial charge is 0.267 e. The Morgan fingerprint density at radius 3 is 2.76 bits per heavy atom. The van der Waals surface area contributed by atoms with Crippen molar-refractivity contribution in [3.05, 3.63) is 17.1 Å². The summed E-state index contributed by atoms with van der Waals surface area (Å²) in [5.41, 5.74) is 3.10. The van der Waals surface area contributed by atoms with E-state index < -0.39 is 10.0 Å². The highest BCUT2D eigenvalue weighted by Gasteiger charge is 2.17. The third-order valence-electron chi connectivity index (χ3n) is 1.96. The van der Waals surface area contributed by atoms with Crippen molar-refractivity contribution < 1.29 is 8.42 Å². The van der Waals surface area contributed by atoms with Crippen LogP contribution in [0.25, 0.3) is 16.3 Å². The van der Waals surface area contributed by atoms with Crippen molar-refractivity contribution in [1.82, 2.24) is 19.6 Å². The molecule has 0 amide bonds. The van der Waals surface area contributed by atoms with Crippen molar-refractivity contribution >= 4 is 37.7 Å². The van der Waals surface area contributed by atoms with Gasteiger partial charge in [0.05, 0.1) is 11.7 Å². The van der Waals surface area contributed by atoms with Crippen LogP contribution in [0.3, 0.4) is 0 Å². The molecule has 88 valence electrons. The summed E-state index contributed by atoms with van der Waals surface area (Å²) in [6.45, 7) is 0. The maximum atomic E-state index is 11.1. The van der Waals surface area contributed by atoms with Gasteiger partial charge in [-0.3, -0.25) is 0 Å². The number of nitrogens with zero attached hydrogens (tertiary/aromatic N) is 4. The van der Waals surface area contributed by atoms with Gasteiger partial charge in [-0.25, -0.2) is 28.0 Å². The molecule has 0 spiro atoms. The Bertz CT molecular complexity index is 738. The number of thiazole rings is 1. The first-order valence-corrected chi connectivity index (χ1v) is 7.62. The lowest BCUT2D eigenvalue weighted by Crippen LogP contribution is -2.12. The zero-order valence-electron chi connectivity index (χ0n) is 8.14. The molecule has 3 aromatic rings. The molecule has 0 aliphatic carbocycles. The molecule has 0 unspecified atom stereocenters. The molecule has 0 fully saturated rings. The lowest BCUT2D eigenvalue weighted by atomic mass is 10.4. The van der Waals surface area contributed by atoms with E-state index in [2.05, 4.69) is 15.1 Å². The smallest absolute Gasteiger partial charge is 0.243 e. The van der Waals surface area contributed by atoms with E-state index in [1.165, 1.54) is 15.9 Å². The molecule has 3 rings (SSSR count). The fraction of sp³-hybridized carbons (Fsp3) is 0. The van der Waals surface area contributed by atoms with Crippen LogP contribution in [0.2, 0.25) is 0 Å². The van der Waals surface area contributed by atoms with Crippen LogP contribution in [0.5, 0.6) is 0 Å². The molecule has 0 bridgehead atoms. The maximum Gasteiger partial charge on any atom is 0.267 e. The number of fused-ring (bicyclic) bond motifs is 1. The van der Waals surface area contributed by atoms with Gasteiger partial charge >= 0.3 is 0 Å². The normalized spacial score (nSPS) is 12.3. The van der Waals surface area contributed by atoms with Gasteiger partial charge in [0.1, 0.15) is 11.4 Å². The van der Waals surface area contributed by atoms with Gasteiger partial charge in [0.25, 0.3) is 10.0 Å². The van der Waals surface area contributed by atoms with Crippen LogP contribution in [0.15, 0.2) is 21.4 Å². The Labute approximate surface area is 104 Å². The molecule has 7 nitrogen and oxygen atoms in total. The van der Waals surface area contributed by atoms with Crippen molar-refractivity contribution in [1.29, 1.82) is 0 Å². The molecule has 17 heavy (non-hydrogen) atoms. The third-order valence-corrected chi connectivity index (χ3v) is 4.78. The Morgan fingerprint density at radius 1 is 1.35 bits per heavy atom. The zero-order valence-corrected chi connectivity index (χ0v) is 10.6. The summed E-state index contributed by atoms with van der Waals surface area (Å²) in [6, 6.07) is 0. The van der Waals surface area contributed by atoms with E-state index in [-0.39, 0.29) is 4.34 Å². The van der Waals surface area contributed by atoms with Gasteiger partial charge in [0, 0.05) is 5.38 Å². The summed E-state index contributed by atoms with van der Waals surface area (Å²) in [5.74, 6) is 0. The number of hydrogen-bond donors (Lipinski definition) is 1. The quantitative estimate of drug-likeness (QED) is 0.741. The number of nitrogens with two attached hydrogens (primary N) is 1. The highest BCUT2D eigenvalue weighted by Crippen LogP contribution is 2.23. The molecule has 2 N–H and O–H groups in total. The van der Waals surface area contributed by atoms with Crippen molar-refractivity contribution in [2.75, 3.05) is 0 Å². The minimum Gasteiger partial charge on any atom is -0.243 e. The lowest BCUT2D eigenvalue weighted by molar-refractivity contribution is 0.595. The van der Waals surface area contributed by atoms with Crippen LogP contribution in [0.4, 0.5) is 0 Å². The summed E-state index contributed by atoms with van der Waals surface area (Å²) in [4.78, 5) is 8.81. The molecule has 0 aromatic carbocycles. The summed E-state index contributed by atoms with van der Waals surface area (Å²) < 4.78 is 23.4. The van der Waals surface area contributed by atoms with Gasteiger partial charge in [0.15, 0.2) is 0 Å². The van der Waals surface area contributed by atoms with E-state index in [0.29, 0.717) is 10.7 Å². The molecule has 0 atom stereocenters. The topological polar surface area (TPSA) is 103 Å². The Balaban J connectivity index is 2.14. The fourth-order valence-electron chi connectivity index (χ4n) is 1.26. The maximum absolute atomic E-state index is 11.1. The average Bonchev–Trinajstić information content (AvgIpc) is 2.90. The van der Waals surface area contributed by atoms with Crippen LogP contribution in [-0.2, 0) is 10.0 Å². The highest BCUT2D eigenvalue weighted by atomic mass is 32.2. The number of hydrogen-bond acceptors (Lipinski definition) is 7. The van der Waals surface area contributed by atoms with Crippen molar-refractivity contribution in [2.45, 2.75) is 4.34 Å². The molecular weight excluding hydrogens is 282 g/mol. The minimum absolute atomic E-state index is 0.148. The highest BCUT2D eigenvalue weighted by molar-refractivity contribution is 7.91. The van der Waals surface area contributed by atoms with Crippen molar-refractivity contribution in [2.24, 2.45) is 5.14 Å². The molecule has 0 radical (unpaired) electrons. The van der Waals surface area contributed by atoms with Crippen molar-refractivity contribution in [3.8, 4) is 11.4 Å². The van der Waals surface area contributed by atoms with E-state index in [9.17, 15) is 8.42 Å². The van der Waals surface area contributed by atoms with E-state index in [1.807, 2.05) is 5.38 Å². The summed E-state index contributed by atoms with van der Waals surface area (Å²) in [5, 5.41) is 10.7. The van der Waals surface area contributed by atoms with Crippen molar-refractivity contribution in [3.63, 3.8) is 0 Å². The molecule has 0 aliphatic rings. The molecule has 3 heterocycles. The number of imidazole rings is 1. The van der Waals surface area contributed by atoms with E-state index in [0.717, 1.165) is 17.0 Å². The van der Waals surface area contributed by atoms with Crippen LogP contribution < -0.4 is 5.14 Å². The van der Waals surface area contributed by atoms with E-state index in [1.54, 1.807) is 11.7 Å². The van der Waals surface area contributed by atoms with Crippen LogP contribution in [0.1, 0.15) is 0 Å². The first-order chi connectivity index (χ1) is 8.04. The van der Waals surface area contributed by atoms with Gasteiger partial charge < -0.3 is 0 Å². The number of aromatic nitrogens is 4. The number of primary sulfonamides is 1. The molecule has 0 saturated heterocycles.